The minimum Gasteiger partial charge on any atom is -0.467 e. The minimum atomic E-state index is -0.849. The Kier molecular flexibility index (Phi) is 4.58. The molecule has 2 aromatic carbocycles. The van der Waals surface area contributed by atoms with Crippen LogP contribution in [0.2, 0.25) is 0 Å². The van der Waals surface area contributed by atoms with E-state index in [1.54, 1.807) is 24.3 Å². The monoisotopic (exact) mass is 324 g/mol. The Labute approximate surface area is 138 Å². The van der Waals surface area contributed by atoms with Gasteiger partial charge in [-0.15, -0.1) is 0 Å². The second-order valence-corrected chi connectivity index (χ2v) is 5.24. The molecule has 0 radical (unpaired) electrons. The summed E-state index contributed by atoms with van der Waals surface area (Å²) in [6.07, 6.45) is 1.43. The molecule has 0 fully saturated rings. The number of aliphatic hydroxyl groups excluding tert-OH is 1. The number of hydrogen-bond donors (Lipinski definition) is 3. The second-order valence-electron chi connectivity index (χ2n) is 5.24. The highest BCUT2D eigenvalue weighted by Gasteiger charge is 2.21. The van der Waals surface area contributed by atoms with Gasteiger partial charge in [0.25, 0.3) is 0 Å². The maximum absolute atomic E-state index is 12.0. The van der Waals surface area contributed by atoms with E-state index >= 15 is 0 Å². The molecule has 0 bridgehead atoms. The highest BCUT2D eigenvalue weighted by Crippen LogP contribution is 2.19. The topological polar surface area (TPSA) is 91.6 Å². The molecular formula is C18H16N2O4. The third kappa shape index (κ3) is 3.44. The Hall–Kier alpha value is -3.12. The van der Waals surface area contributed by atoms with E-state index in [-0.39, 0.29) is 6.61 Å². The van der Waals surface area contributed by atoms with Gasteiger partial charge in [-0.1, -0.05) is 30.3 Å². The van der Waals surface area contributed by atoms with Crippen molar-refractivity contribution in [2.75, 3.05) is 11.9 Å². The first-order valence-corrected chi connectivity index (χ1v) is 7.42. The lowest BCUT2D eigenvalue weighted by Crippen LogP contribution is -2.38. The van der Waals surface area contributed by atoms with E-state index < -0.39 is 17.9 Å². The van der Waals surface area contributed by atoms with E-state index in [0.29, 0.717) is 11.4 Å². The van der Waals surface area contributed by atoms with Crippen molar-refractivity contribution >= 4 is 28.3 Å². The molecule has 24 heavy (non-hydrogen) atoms. The van der Waals surface area contributed by atoms with Crippen LogP contribution in [0, 0.1) is 0 Å². The number of furan rings is 1. The van der Waals surface area contributed by atoms with Gasteiger partial charge in [0.15, 0.2) is 0 Å². The van der Waals surface area contributed by atoms with Crippen molar-refractivity contribution < 1.29 is 19.1 Å². The number of carbonyl (C=O) groups is 2. The largest absolute Gasteiger partial charge is 0.467 e. The highest BCUT2D eigenvalue weighted by atomic mass is 16.3. The molecule has 0 aliphatic carbocycles. The van der Waals surface area contributed by atoms with Crippen molar-refractivity contribution in [3.05, 3.63) is 66.6 Å². The summed E-state index contributed by atoms with van der Waals surface area (Å²) in [5, 5.41) is 16.3. The molecule has 0 saturated heterocycles. The fraction of sp³-hybridized carbons (Fsp3) is 0.111. The summed E-state index contributed by atoms with van der Waals surface area (Å²) in [6, 6.07) is 15.6. The molecule has 1 unspecified atom stereocenters. The standard InChI is InChI=1S/C18H16N2O4/c21-11-15(16-6-3-9-24-16)20-18(23)17(22)19-14-8-7-12-4-1-2-5-13(12)10-14/h1-10,15,21H,11H2,(H,19,22)(H,20,23). The van der Waals surface area contributed by atoms with Crippen LogP contribution in [0.4, 0.5) is 5.69 Å². The lowest BCUT2D eigenvalue weighted by atomic mass is 10.1. The second kappa shape index (κ2) is 6.97. The summed E-state index contributed by atoms with van der Waals surface area (Å²) in [5.41, 5.74) is 0.521. The van der Waals surface area contributed by atoms with Crippen LogP contribution in [0.3, 0.4) is 0 Å². The maximum atomic E-state index is 12.0. The molecule has 0 spiro atoms. The summed E-state index contributed by atoms with van der Waals surface area (Å²) in [7, 11) is 0. The van der Waals surface area contributed by atoms with Crippen molar-refractivity contribution in [3.8, 4) is 0 Å². The molecule has 3 aromatic rings. The summed E-state index contributed by atoms with van der Waals surface area (Å²) in [5.74, 6) is -1.28. The molecule has 3 rings (SSSR count). The molecule has 0 saturated carbocycles. The fourth-order valence-electron chi connectivity index (χ4n) is 2.38. The van der Waals surface area contributed by atoms with E-state index in [1.807, 2.05) is 30.3 Å². The Morgan fingerprint density at radius 1 is 1.00 bits per heavy atom. The van der Waals surface area contributed by atoms with Crippen LogP contribution in [-0.2, 0) is 9.59 Å². The van der Waals surface area contributed by atoms with Crippen LogP contribution in [0.1, 0.15) is 11.8 Å². The summed E-state index contributed by atoms with van der Waals surface area (Å²) >= 11 is 0. The number of fused-ring (bicyclic) bond motifs is 1. The molecule has 2 amide bonds. The van der Waals surface area contributed by atoms with E-state index in [0.717, 1.165) is 10.8 Å². The van der Waals surface area contributed by atoms with E-state index in [1.165, 1.54) is 6.26 Å². The van der Waals surface area contributed by atoms with Crippen molar-refractivity contribution in [1.29, 1.82) is 0 Å². The zero-order valence-electron chi connectivity index (χ0n) is 12.7. The van der Waals surface area contributed by atoms with Crippen LogP contribution in [0.25, 0.3) is 10.8 Å². The van der Waals surface area contributed by atoms with Gasteiger partial charge in [0.1, 0.15) is 11.8 Å². The zero-order valence-corrected chi connectivity index (χ0v) is 12.7. The molecule has 1 aromatic heterocycles. The van der Waals surface area contributed by atoms with Gasteiger partial charge in [-0.05, 0) is 35.0 Å². The molecular weight excluding hydrogens is 308 g/mol. The quantitative estimate of drug-likeness (QED) is 0.642. The number of amides is 2. The van der Waals surface area contributed by atoms with E-state index in [9.17, 15) is 14.7 Å². The Bertz CT molecular complexity index is 858. The number of nitrogens with one attached hydrogen (secondary N) is 2. The predicted molar refractivity (Wildman–Crippen MR) is 89.3 cm³/mol. The molecule has 122 valence electrons. The normalized spacial score (nSPS) is 11.9. The number of carbonyl (C=O) groups excluding carboxylic acids is 2. The first kappa shape index (κ1) is 15.8. The average molecular weight is 324 g/mol. The molecule has 1 heterocycles. The summed E-state index contributed by atoms with van der Waals surface area (Å²) in [4.78, 5) is 24.0. The zero-order chi connectivity index (χ0) is 16.9. The van der Waals surface area contributed by atoms with Gasteiger partial charge in [0.2, 0.25) is 0 Å². The molecule has 0 aliphatic rings. The third-order valence-corrected chi connectivity index (χ3v) is 3.59. The smallest absolute Gasteiger partial charge is 0.313 e. The van der Waals surface area contributed by atoms with Crippen LogP contribution in [0.15, 0.2) is 65.3 Å². The van der Waals surface area contributed by atoms with Crippen molar-refractivity contribution in [2.45, 2.75) is 6.04 Å². The van der Waals surface area contributed by atoms with Gasteiger partial charge in [-0.25, -0.2) is 0 Å². The van der Waals surface area contributed by atoms with Crippen molar-refractivity contribution in [3.63, 3.8) is 0 Å². The van der Waals surface area contributed by atoms with Crippen molar-refractivity contribution in [2.24, 2.45) is 0 Å². The Morgan fingerprint density at radius 2 is 1.79 bits per heavy atom. The van der Waals surface area contributed by atoms with Crippen LogP contribution < -0.4 is 10.6 Å². The molecule has 3 N–H and O–H groups in total. The summed E-state index contributed by atoms with van der Waals surface area (Å²) in [6.45, 7) is -0.373. The number of anilines is 1. The van der Waals surface area contributed by atoms with E-state index in [4.69, 9.17) is 4.42 Å². The van der Waals surface area contributed by atoms with Gasteiger partial charge < -0.3 is 20.2 Å². The van der Waals surface area contributed by atoms with Gasteiger partial charge in [0, 0.05) is 5.69 Å². The van der Waals surface area contributed by atoms with Gasteiger partial charge in [0.05, 0.1) is 12.9 Å². The summed E-state index contributed by atoms with van der Waals surface area (Å²) < 4.78 is 5.13. The Morgan fingerprint density at radius 3 is 2.50 bits per heavy atom. The number of aliphatic hydroxyl groups is 1. The van der Waals surface area contributed by atoms with Crippen molar-refractivity contribution in [1.82, 2.24) is 5.32 Å². The maximum Gasteiger partial charge on any atom is 0.313 e. The number of hydrogen-bond acceptors (Lipinski definition) is 4. The van der Waals surface area contributed by atoms with E-state index in [2.05, 4.69) is 10.6 Å². The first-order valence-electron chi connectivity index (χ1n) is 7.42. The average Bonchev–Trinajstić information content (AvgIpc) is 3.13. The minimum absolute atomic E-state index is 0.373. The third-order valence-electron chi connectivity index (χ3n) is 3.59. The molecule has 0 aliphatic heterocycles. The molecule has 6 heteroatoms. The first-order chi connectivity index (χ1) is 11.7. The Balaban J connectivity index is 1.67. The lowest BCUT2D eigenvalue weighted by molar-refractivity contribution is -0.136. The van der Waals surface area contributed by atoms with Gasteiger partial charge in [-0.3, -0.25) is 9.59 Å². The molecule has 1 atom stereocenters. The predicted octanol–water partition coefficient (Wildman–Crippen LogP) is 2.22. The SMILES string of the molecule is O=C(Nc1ccc2ccccc2c1)C(=O)NC(CO)c1ccco1. The van der Waals surface area contributed by atoms with Crippen LogP contribution in [-0.4, -0.2) is 23.5 Å². The molecule has 6 nitrogen and oxygen atoms in total. The van der Waals surface area contributed by atoms with Gasteiger partial charge >= 0.3 is 11.8 Å². The highest BCUT2D eigenvalue weighted by molar-refractivity contribution is 6.39. The number of rotatable bonds is 4. The van der Waals surface area contributed by atoms with Gasteiger partial charge in [-0.2, -0.15) is 0 Å². The van der Waals surface area contributed by atoms with Crippen LogP contribution >= 0.6 is 0 Å². The van der Waals surface area contributed by atoms with Crippen LogP contribution in [0.5, 0.6) is 0 Å². The fourth-order valence-corrected chi connectivity index (χ4v) is 2.38. The lowest BCUT2D eigenvalue weighted by Gasteiger charge is -2.13. The number of benzene rings is 2.